The highest BCUT2D eigenvalue weighted by Gasteiger charge is 2.21. The molecule has 2 aromatic carbocycles. The number of hydrogen-bond acceptors (Lipinski definition) is 4. The van der Waals surface area contributed by atoms with Crippen LogP contribution in [-0.2, 0) is 11.2 Å². The van der Waals surface area contributed by atoms with E-state index in [4.69, 9.17) is 9.15 Å². The lowest BCUT2D eigenvalue weighted by Gasteiger charge is -2.34. The number of benzene rings is 2. The fourth-order valence-electron chi connectivity index (χ4n) is 3.93. The second-order valence-electron chi connectivity index (χ2n) is 7.77. The molecule has 31 heavy (non-hydrogen) atoms. The van der Waals surface area contributed by atoms with E-state index in [2.05, 4.69) is 22.3 Å². The van der Waals surface area contributed by atoms with Crippen LogP contribution in [0.25, 0.3) is 11.3 Å². The molecule has 1 aromatic heterocycles. The van der Waals surface area contributed by atoms with Gasteiger partial charge in [0.25, 0.3) is 0 Å². The van der Waals surface area contributed by atoms with E-state index in [1.54, 1.807) is 31.4 Å². The number of methoxy groups -OCH3 is 1. The Kier molecular flexibility index (Phi) is 6.55. The van der Waals surface area contributed by atoms with Gasteiger partial charge in [-0.05, 0) is 61.4 Å². The first-order valence-electron chi connectivity index (χ1n) is 10.6. The quantitative estimate of drug-likeness (QED) is 0.594. The molecule has 1 saturated heterocycles. The van der Waals surface area contributed by atoms with Gasteiger partial charge in [-0.3, -0.25) is 4.79 Å². The highest BCUT2D eigenvalue weighted by Crippen LogP contribution is 2.26. The normalized spacial score (nSPS) is 14.5. The summed E-state index contributed by atoms with van der Waals surface area (Å²) >= 11 is 0. The van der Waals surface area contributed by atoms with Crippen LogP contribution in [0.3, 0.4) is 0 Å². The SMILES string of the molecule is COc1ccc(N2CCC(NC(=O)CCc3ccc(-c4ccccc4F)o3)CC2)cc1. The minimum absolute atomic E-state index is 0.0201. The van der Waals surface area contributed by atoms with Crippen molar-refractivity contribution in [3.63, 3.8) is 0 Å². The first-order chi connectivity index (χ1) is 15.1. The van der Waals surface area contributed by atoms with E-state index in [0.29, 0.717) is 29.9 Å². The van der Waals surface area contributed by atoms with Crippen LogP contribution in [0.4, 0.5) is 10.1 Å². The van der Waals surface area contributed by atoms with E-state index in [0.717, 1.165) is 31.7 Å². The second-order valence-corrected chi connectivity index (χ2v) is 7.77. The molecule has 0 bridgehead atoms. The van der Waals surface area contributed by atoms with Crippen molar-refractivity contribution in [1.82, 2.24) is 5.32 Å². The van der Waals surface area contributed by atoms with Gasteiger partial charge < -0.3 is 19.4 Å². The molecule has 3 aromatic rings. The van der Waals surface area contributed by atoms with Gasteiger partial charge in [-0.1, -0.05) is 12.1 Å². The summed E-state index contributed by atoms with van der Waals surface area (Å²) in [5.74, 6) is 1.72. The van der Waals surface area contributed by atoms with E-state index >= 15 is 0 Å². The average molecular weight is 423 g/mol. The van der Waals surface area contributed by atoms with Gasteiger partial charge in [0.15, 0.2) is 0 Å². The van der Waals surface area contributed by atoms with Crippen molar-refractivity contribution in [1.29, 1.82) is 0 Å². The largest absolute Gasteiger partial charge is 0.497 e. The fraction of sp³-hybridized carbons (Fsp3) is 0.320. The number of nitrogens with zero attached hydrogens (tertiary/aromatic N) is 1. The van der Waals surface area contributed by atoms with Crippen molar-refractivity contribution in [3.8, 4) is 17.1 Å². The predicted octanol–water partition coefficient (Wildman–Crippen LogP) is 4.81. The number of furan rings is 1. The second kappa shape index (κ2) is 9.69. The molecular weight excluding hydrogens is 395 g/mol. The van der Waals surface area contributed by atoms with Crippen LogP contribution in [0.2, 0.25) is 0 Å². The number of halogens is 1. The van der Waals surface area contributed by atoms with E-state index in [-0.39, 0.29) is 17.8 Å². The Morgan fingerprint density at radius 1 is 1.10 bits per heavy atom. The summed E-state index contributed by atoms with van der Waals surface area (Å²) in [7, 11) is 1.66. The van der Waals surface area contributed by atoms with Gasteiger partial charge >= 0.3 is 0 Å². The molecule has 162 valence electrons. The standard InChI is InChI=1S/C25H27FN2O3/c1-30-20-8-6-19(7-9-20)28-16-14-18(15-17-28)27-25(29)13-11-21-10-12-24(31-21)22-4-2-3-5-23(22)26/h2-10,12,18H,11,13-17H2,1H3,(H,27,29). The summed E-state index contributed by atoms with van der Waals surface area (Å²) in [5, 5.41) is 3.14. The zero-order valence-corrected chi connectivity index (χ0v) is 17.6. The van der Waals surface area contributed by atoms with Crippen molar-refractivity contribution in [2.24, 2.45) is 0 Å². The molecule has 1 amide bonds. The van der Waals surface area contributed by atoms with Crippen molar-refractivity contribution < 1.29 is 18.3 Å². The van der Waals surface area contributed by atoms with Crippen LogP contribution in [0.1, 0.15) is 25.0 Å². The molecule has 0 radical (unpaired) electrons. The van der Waals surface area contributed by atoms with Gasteiger partial charge in [-0.25, -0.2) is 4.39 Å². The number of rotatable bonds is 7. The number of hydrogen-bond donors (Lipinski definition) is 1. The van der Waals surface area contributed by atoms with Gasteiger partial charge in [0.1, 0.15) is 23.1 Å². The number of carbonyl (C=O) groups is 1. The van der Waals surface area contributed by atoms with E-state index in [9.17, 15) is 9.18 Å². The molecule has 2 heterocycles. The average Bonchev–Trinajstić information content (AvgIpc) is 3.27. The van der Waals surface area contributed by atoms with Crippen LogP contribution in [-0.4, -0.2) is 32.1 Å². The summed E-state index contributed by atoms with van der Waals surface area (Å²) in [6, 6.07) is 18.3. The summed E-state index contributed by atoms with van der Waals surface area (Å²) in [6.07, 6.45) is 2.67. The van der Waals surface area contributed by atoms with Crippen LogP contribution >= 0.6 is 0 Å². The maximum Gasteiger partial charge on any atom is 0.220 e. The summed E-state index contributed by atoms with van der Waals surface area (Å²) in [6.45, 7) is 1.81. The molecule has 6 heteroatoms. The summed E-state index contributed by atoms with van der Waals surface area (Å²) < 4.78 is 24.8. The third kappa shape index (κ3) is 5.26. The molecule has 1 aliphatic rings. The van der Waals surface area contributed by atoms with E-state index in [1.165, 1.54) is 11.8 Å². The van der Waals surface area contributed by atoms with Crippen LogP contribution in [0, 0.1) is 5.82 Å². The Hall–Kier alpha value is -3.28. The molecule has 0 aliphatic carbocycles. The molecule has 0 unspecified atom stereocenters. The third-order valence-electron chi connectivity index (χ3n) is 5.70. The monoisotopic (exact) mass is 422 g/mol. The highest BCUT2D eigenvalue weighted by atomic mass is 19.1. The van der Waals surface area contributed by atoms with Gasteiger partial charge in [0, 0.05) is 37.7 Å². The minimum atomic E-state index is -0.317. The zero-order chi connectivity index (χ0) is 21.6. The Bertz CT molecular complexity index is 1010. The number of piperidine rings is 1. The van der Waals surface area contributed by atoms with Crippen molar-refractivity contribution in [2.75, 3.05) is 25.1 Å². The first-order valence-corrected chi connectivity index (χ1v) is 10.6. The molecule has 4 rings (SSSR count). The fourth-order valence-corrected chi connectivity index (χ4v) is 3.93. The van der Waals surface area contributed by atoms with Crippen LogP contribution in [0.15, 0.2) is 65.1 Å². The highest BCUT2D eigenvalue weighted by molar-refractivity contribution is 5.76. The van der Waals surface area contributed by atoms with E-state index < -0.39 is 0 Å². The molecule has 0 spiro atoms. The van der Waals surface area contributed by atoms with Crippen molar-refractivity contribution >= 4 is 11.6 Å². The van der Waals surface area contributed by atoms with Gasteiger partial charge in [-0.2, -0.15) is 0 Å². The number of carbonyl (C=O) groups excluding carboxylic acids is 1. The topological polar surface area (TPSA) is 54.7 Å². The van der Waals surface area contributed by atoms with Gasteiger partial charge in [-0.15, -0.1) is 0 Å². The lowest BCUT2D eigenvalue weighted by Crippen LogP contribution is -2.44. The Morgan fingerprint density at radius 3 is 2.55 bits per heavy atom. The Morgan fingerprint density at radius 2 is 1.84 bits per heavy atom. The Balaban J connectivity index is 1.22. The first kappa shape index (κ1) is 21.0. The summed E-state index contributed by atoms with van der Waals surface area (Å²) in [4.78, 5) is 14.7. The maximum atomic E-state index is 13.9. The number of aryl methyl sites for hydroxylation is 1. The molecule has 1 N–H and O–H groups in total. The summed E-state index contributed by atoms with van der Waals surface area (Å²) in [5.41, 5.74) is 1.61. The molecule has 5 nitrogen and oxygen atoms in total. The smallest absolute Gasteiger partial charge is 0.220 e. The minimum Gasteiger partial charge on any atom is -0.497 e. The Labute approximate surface area is 181 Å². The number of anilines is 1. The molecular formula is C25H27FN2O3. The van der Waals surface area contributed by atoms with Crippen LogP contribution < -0.4 is 15.0 Å². The predicted molar refractivity (Wildman–Crippen MR) is 119 cm³/mol. The zero-order valence-electron chi connectivity index (χ0n) is 17.6. The van der Waals surface area contributed by atoms with Crippen molar-refractivity contribution in [2.45, 2.75) is 31.7 Å². The maximum absolute atomic E-state index is 13.9. The number of ether oxygens (including phenoxy) is 1. The molecule has 0 saturated carbocycles. The third-order valence-corrected chi connectivity index (χ3v) is 5.70. The van der Waals surface area contributed by atoms with E-state index in [1.807, 2.05) is 18.2 Å². The van der Waals surface area contributed by atoms with Crippen molar-refractivity contribution in [3.05, 3.63) is 72.2 Å². The lowest BCUT2D eigenvalue weighted by atomic mass is 10.0. The van der Waals surface area contributed by atoms with Crippen LogP contribution in [0.5, 0.6) is 5.75 Å². The van der Waals surface area contributed by atoms with Gasteiger partial charge in [0.2, 0.25) is 5.91 Å². The molecule has 0 atom stereocenters. The van der Waals surface area contributed by atoms with Gasteiger partial charge in [0.05, 0.1) is 12.7 Å². The lowest BCUT2D eigenvalue weighted by molar-refractivity contribution is -0.121. The molecule has 1 fully saturated rings. The number of nitrogens with one attached hydrogen (secondary N) is 1. The molecule has 1 aliphatic heterocycles. The number of amides is 1.